The van der Waals surface area contributed by atoms with Crippen molar-refractivity contribution in [1.82, 2.24) is 4.90 Å². The maximum absolute atomic E-state index is 12.2. The maximum atomic E-state index is 12.2. The van der Waals surface area contributed by atoms with Gasteiger partial charge in [0.1, 0.15) is 0 Å². The van der Waals surface area contributed by atoms with Gasteiger partial charge >= 0.3 is 10.5 Å². The minimum Gasteiger partial charge on any atom is -0.322 e. The van der Waals surface area contributed by atoms with E-state index in [-0.39, 0.29) is 6.54 Å². The zero-order valence-electron chi connectivity index (χ0n) is 7.35. The third kappa shape index (κ3) is 2.89. The van der Waals surface area contributed by atoms with Crippen molar-refractivity contribution < 1.29 is 21.3 Å². The van der Waals surface area contributed by atoms with Crippen LogP contribution in [0.5, 0.6) is 0 Å². The first-order chi connectivity index (χ1) is 6.44. The summed E-state index contributed by atoms with van der Waals surface area (Å²) in [6.07, 6.45) is -0.165. The average molecular weight is 226 g/mol. The molecule has 6 nitrogen and oxygen atoms in total. The van der Waals surface area contributed by atoms with E-state index in [1.54, 1.807) is 0 Å². The molecule has 1 unspecified atom stereocenters. The Hall–Kier alpha value is -0.730. The molecule has 1 aliphatic heterocycles. The average Bonchev–Trinajstić information content (AvgIpc) is 2.48. The lowest BCUT2D eigenvalue weighted by Gasteiger charge is -2.21. The van der Waals surface area contributed by atoms with Crippen LogP contribution in [0.3, 0.4) is 0 Å². The van der Waals surface area contributed by atoms with Crippen LogP contribution in [-0.4, -0.2) is 38.5 Å². The molecule has 0 aromatic heterocycles. The van der Waals surface area contributed by atoms with E-state index in [2.05, 4.69) is 4.18 Å². The smallest absolute Gasteiger partial charge is 0.322 e. The van der Waals surface area contributed by atoms with Gasteiger partial charge in [-0.3, -0.25) is 4.79 Å². The normalized spacial score (nSPS) is 22.7. The number of amides is 1. The fourth-order valence-corrected chi connectivity index (χ4v) is 1.84. The van der Waals surface area contributed by atoms with Gasteiger partial charge in [-0.2, -0.15) is 8.42 Å². The molecule has 2 N–H and O–H groups in total. The van der Waals surface area contributed by atoms with Gasteiger partial charge in [-0.25, -0.2) is 4.18 Å². The Bertz CT molecular complexity index is 318. The summed E-state index contributed by atoms with van der Waals surface area (Å²) in [6, 6.07) is 0. The van der Waals surface area contributed by atoms with E-state index in [1.807, 2.05) is 0 Å². The van der Waals surface area contributed by atoms with E-state index in [0.29, 0.717) is 19.4 Å². The molecule has 82 valence electrons. The van der Waals surface area contributed by atoms with E-state index in [1.165, 1.54) is 0 Å². The Kier molecular flexibility index (Phi) is 3.40. The molecule has 1 saturated heterocycles. The summed E-state index contributed by atoms with van der Waals surface area (Å²) in [4.78, 5) is 12.2. The highest BCUT2D eigenvalue weighted by atomic mass is 32.3. The van der Waals surface area contributed by atoms with Crippen LogP contribution in [0.1, 0.15) is 12.8 Å². The molecule has 0 spiro atoms. The molecule has 1 aliphatic rings. The van der Waals surface area contributed by atoms with Crippen molar-refractivity contribution in [3.05, 3.63) is 0 Å². The van der Waals surface area contributed by atoms with E-state index in [4.69, 9.17) is 5.73 Å². The first-order valence-electron chi connectivity index (χ1n) is 4.06. The number of carbonyl (C=O) groups excluding carboxylic acids is 1. The Morgan fingerprint density at radius 3 is 2.79 bits per heavy atom. The fraction of sp³-hybridized carbons (Fsp3) is 0.833. The van der Waals surface area contributed by atoms with E-state index >= 15 is 0 Å². The molecule has 0 aromatic carbocycles. The lowest BCUT2D eigenvalue weighted by Crippen LogP contribution is -2.41. The molecule has 1 atom stereocenters. The van der Waals surface area contributed by atoms with Gasteiger partial charge in [-0.15, -0.1) is 0 Å². The molecule has 1 amide bonds. The number of hydrogen-bond acceptors (Lipinski definition) is 5. The molecule has 1 rings (SSSR count). The number of halogens is 1. The Balaban J connectivity index is 2.65. The summed E-state index contributed by atoms with van der Waals surface area (Å²) in [7, 11) is -5.02. The summed E-state index contributed by atoms with van der Waals surface area (Å²) >= 11 is 0. The predicted octanol–water partition coefficient (Wildman–Crippen LogP) is -0.875. The number of hydrogen-bond donors (Lipinski definition) is 1. The Morgan fingerprint density at radius 1 is 1.64 bits per heavy atom. The molecule has 0 radical (unpaired) electrons. The van der Waals surface area contributed by atoms with Crippen LogP contribution < -0.4 is 5.73 Å². The monoisotopic (exact) mass is 226 g/mol. The summed E-state index contributed by atoms with van der Waals surface area (Å²) in [5.41, 5.74) is 5.09. The Morgan fingerprint density at radius 2 is 2.29 bits per heavy atom. The van der Waals surface area contributed by atoms with E-state index < -0.39 is 22.6 Å². The molecular formula is C6H11FN2O4S. The van der Waals surface area contributed by atoms with Gasteiger partial charge in [-0.1, -0.05) is 3.89 Å². The van der Waals surface area contributed by atoms with Gasteiger partial charge < -0.3 is 10.6 Å². The number of rotatable bonds is 3. The van der Waals surface area contributed by atoms with Crippen molar-refractivity contribution in [2.24, 2.45) is 5.73 Å². The van der Waals surface area contributed by atoms with Crippen molar-refractivity contribution in [3.8, 4) is 0 Å². The van der Waals surface area contributed by atoms with Crippen LogP contribution in [-0.2, 0) is 19.5 Å². The number of likely N-dealkylation sites (tertiary alicyclic amines) is 1. The zero-order valence-corrected chi connectivity index (χ0v) is 8.17. The molecule has 0 bridgehead atoms. The second kappa shape index (κ2) is 4.20. The molecule has 0 aliphatic carbocycles. The van der Waals surface area contributed by atoms with Gasteiger partial charge in [0.05, 0.1) is 6.54 Å². The first kappa shape index (κ1) is 11.3. The van der Waals surface area contributed by atoms with Gasteiger partial charge in [0.2, 0.25) is 5.91 Å². The highest BCUT2D eigenvalue weighted by Crippen LogP contribution is 2.20. The van der Waals surface area contributed by atoms with Crippen molar-refractivity contribution in [2.45, 2.75) is 19.1 Å². The van der Waals surface area contributed by atoms with Gasteiger partial charge in [0.15, 0.2) is 6.23 Å². The maximum Gasteiger partial charge on any atom is 0.439 e. The molecule has 0 saturated carbocycles. The quantitative estimate of drug-likeness (QED) is 0.631. The standard InChI is InChI=1S/C6H11FN2O4S/c7-14(11,12)13-6-2-1-3-9(6)5(10)4-8/h6H,1-4,8H2. The van der Waals surface area contributed by atoms with Crippen LogP contribution in [0.2, 0.25) is 0 Å². The molecule has 1 fully saturated rings. The second-order valence-electron chi connectivity index (χ2n) is 2.88. The SMILES string of the molecule is NCC(=O)N1CCCC1OS(=O)(=O)F. The van der Waals surface area contributed by atoms with Crippen LogP contribution in [0, 0.1) is 0 Å². The van der Waals surface area contributed by atoms with E-state index in [0.717, 1.165) is 4.90 Å². The first-order valence-corrected chi connectivity index (χ1v) is 5.37. The number of nitrogens with two attached hydrogens (primary N) is 1. The van der Waals surface area contributed by atoms with Gasteiger partial charge in [0.25, 0.3) is 0 Å². The molecule has 8 heteroatoms. The summed E-state index contributed by atoms with van der Waals surface area (Å²) in [6.45, 7) is 0.0996. The van der Waals surface area contributed by atoms with Gasteiger partial charge in [-0.05, 0) is 12.8 Å². The fourth-order valence-electron chi connectivity index (χ4n) is 1.37. The number of nitrogens with zero attached hydrogens (tertiary/aromatic N) is 1. The molecule has 0 aromatic rings. The summed E-state index contributed by atoms with van der Waals surface area (Å²) in [5.74, 6) is -0.448. The van der Waals surface area contributed by atoms with Gasteiger partial charge in [0, 0.05) is 6.54 Å². The molecule has 1 heterocycles. The Labute approximate surface area is 81.2 Å². The summed E-state index contributed by atoms with van der Waals surface area (Å²) in [5, 5.41) is 0. The van der Waals surface area contributed by atoms with Crippen LogP contribution in [0.4, 0.5) is 3.89 Å². The highest BCUT2D eigenvalue weighted by molar-refractivity contribution is 7.81. The predicted molar refractivity (Wildman–Crippen MR) is 44.9 cm³/mol. The van der Waals surface area contributed by atoms with Crippen molar-refractivity contribution in [1.29, 1.82) is 0 Å². The highest BCUT2D eigenvalue weighted by Gasteiger charge is 2.32. The van der Waals surface area contributed by atoms with Crippen LogP contribution in [0.15, 0.2) is 0 Å². The van der Waals surface area contributed by atoms with Crippen LogP contribution in [0.25, 0.3) is 0 Å². The van der Waals surface area contributed by atoms with Crippen LogP contribution >= 0.6 is 0 Å². The molecule has 14 heavy (non-hydrogen) atoms. The van der Waals surface area contributed by atoms with Crippen molar-refractivity contribution >= 4 is 16.4 Å². The second-order valence-corrected chi connectivity index (χ2v) is 3.86. The lowest BCUT2D eigenvalue weighted by atomic mass is 10.4. The lowest BCUT2D eigenvalue weighted by molar-refractivity contribution is -0.134. The molecular weight excluding hydrogens is 215 g/mol. The minimum absolute atomic E-state index is 0.244. The largest absolute Gasteiger partial charge is 0.439 e. The minimum atomic E-state index is -5.02. The van der Waals surface area contributed by atoms with Crippen molar-refractivity contribution in [3.63, 3.8) is 0 Å². The zero-order chi connectivity index (χ0) is 10.8. The topological polar surface area (TPSA) is 89.7 Å². The third-order valence-electron chi connectivity index (χ3n) is 1.92. The summed E-state index contributed by atoms with van der Waals surface area (Å²) < 4.78 is 36.6. The third-order valence-corrected chi connectivity index (χ3v) is 2.37. The van der Waals surface area contributed by atoms with E-state index in [9.17, 15) is 17.1 Å². The van der Waals surface area contributed by atoms with Crippen molar-refractivity contribution in [2.75, 3.05) is 13.1 Å². The number of carbonyl (C=O) groups is 1.